The average Bonchev–Trinajstić information content (AvgIpc) is 3.30. The molecular formula is C25H27BF2N3+. The third-order valence-corrected chi connectivity index (χ3v) is 5.33. The number of hydrogen-bond acceptors (Lipinski definition) is 1. The Morgan fingerprint density at radius 1 is 1.10 bits per heavy atom. The van der Waals surface area contributed by atoms with Gasteiger partial charge in [0.2, 0.25) is 0 Å². The van der Waals surface area contributed by atoms with Gasteiger partial charge in [-0.05, 0) is 60.9 Å². The van der Waals surface area contributed by atoms with E-state index in [4.69, 9.17) is 13.7 Å². The van der Waals surface area contributed by atoms with E-state index in [1.54, 1.807) is 4.49 Å². The Morgan fingerprint density at radius 3 is 2.61 bits per heavy atom. The first-order valence-corrected chi connectivity index (χ1v) is 9.93. The van der Waals surface area contributed by atoms with Crippen LogP contribution in [-0.4, -0.2) is 30.2 Å². The summed E-state index contributed by atoms with van der Waals surface area (Å²) in [6.45, 7) is 4.81. The van der Waals surface area contributed by atoms with E-state index < -0.39 is 0 Å². The molecule has 0 amide bonds. The number of aryl methyl sites for hydroxylation is 2. The van der Waals surface area contributed by atoms with E-state index in [0.29, 0.717) is 6.54 Å². The summed E-state index contributed by atoms with van der Waals surface area (Å²) in [5, 5.41) is 2.52. The molecule has 0 atom stereocenters. The molecule has 4 rings (SSSR count). The minimum Gasteiger partial charge on any atom is -0.355 e. The van der Waals surface area contributed by atoms with Gasteiger partial charge >= 0.3 is 7.98 Å². The van der Waals surface area contributed by atoms with Gasteiger partial charge in [-0.3, -0.25) is 13.9 Å². The summed E-state index contributed by atoms with van der Waals surface area (Å²) in [6, 6.07) is 15.1. The molecule has 3 nitrogen and oxygen atoms in total. The Bertz CT molecular complexity index is 1200. The number of aromatic nitrogens is 1. The van der Waals surface area contributed by atoms with Crippen LogP contribution in [0.3, 0.4) is 0 Å². The largest absolute Gasteiger partial charge is 0.586 e. The van der Waals surface area contributed by atoms with Gasteiger partial charge in [0.15, 0.2) is 5.70 Å². The van der Waals surface area contributed by atoms with Crippen molar-refractivity contribution in [2.45, 2.75) is 20.3 Å². The van der Waals surface area contributed by atoms with Gasteiger partial charge in [0, 0.05) is 23.4 Å². The second-order valence-electron chi connectivity index (χ2n) is 7.51. The molecule has 31 heavy (non-hydrogen) atoms. The first kappa shape index (κ1) is 24.0. The number of fused-ring (bicyclic) bond motifs is 1. The number of H-pyrrole nitrogens is 1. The average molecular weight is 418 g/mol. The Hall–Kier alpha value is -3.25. The topological polar surface area (TPSA) is 44.8 Å². The molecule has 158 valence electrons. The standard InChI is InChI=1S/C25H25BN3.2FH/c1-17-8-9-19-5-3-6-20(23(19)15-17)10-11-21-16-18(2)25(28-21)22(12-13-27)24-7-4-14-29(24)26;;/h3-11,14-16,28H,12-13,27H2,1-2H3;2*1H/q+1;;/b11-10+;;. The van der Waals surface area contributed by atoms with E-state index in [2.05, 4.69) is 73.4 Å². The van der Waals surface area contributed by atoms with E-state index in [0.717, 1.165) is 29.1 Å². The van der Waals surface area contributed by atoms with Gasteiger partial charge in [-0.2, -0.15) is 0 Å². The monoisotopic (exact) mass is 418 g/mol. The van der Waals surface area contributed by atoms with Crippen molar-refractivity contribution in [2.24, 2.45) is 5.73 Å². The maximum Gasteiger partial charge on any atom is 0.586 e. The van der Waals surface area contributed by atoms with Crippen LogP contribution >= 0.6 is 0 Å². The Morgan fingerprint density at radius 2 is 1.90 bits per heavy atom. The first-order chi connectivity index (χ1) is 14.1. The Balaban J connectivity index is 0.00000171. The first-order valence-electron chi connectivity index (χ1n) is 9.93. The summed E-state index contributed by atoms with van der Waals surface area (Å²) in [6.07, 6.45) is 10.9. The fourth-order valence-corrected chi connectivity index (χ4v) is 3.90. The number of aromatic amines is 1. The lowest BCUT2D eigenvalue weighted by atomic mass is 10.0. The fraction of sp³-hybridized carbons (Fsp3) is 0.160. The van der Waals surface area contributed by atoms with Crippen molar-refractivity contribution in [2.75, 3.05) is 6.54 Å². The molecule has 6 heteroatoms. The summed E-state index contributed by atoms with van der Waals surface area (Å²) in [5.74, 6) is 0. The summed E-state index contributed by atoms with van der Waals surface area (Å²) in [7, 11) is 6.09. The molecule has 1 aliphatic heterocycles. The highest BCUT2D eigenvalue weighted by Crippen LogP contribution is 2.28. The van der Waals surface area contributed by atoms with E-state index in [-0.39, 0.29) is 9.41 Å². The predicted molar refractivity (Wildman–Crippen MR) is 130 cm³/mol. The predicted octanol–water partition coefficient (Wildman–Crippen LogP) is 5.06. The molecule has 2 heterocycles. The molecule has 1 aromatic heterocycles. The molecule has 2 aromatic carbocycles. The van der Waals surface area contributed by atoms with Gasteiger partial charge in [0.05, 0.1) is 5.69 Å². The second kappa shape index (κ2) is 10.2. The van der Waals surface area contributed by atoms with Crippen LogP contribution in [0.4, 0.5) is 9.41 Å². The molecule has 0 bridgehead atoms. The van der Waals surface area contributed by atoms with Crippen molar-refractivity contribution in [3.05, 3.63) is 88.4 Å². The SMILES string of the molecule is F.F.[B][N+]1=CC=CC1=C(CCN)c1[nH]c(/C=C/c2cccc3ccc(C)cc23)cc1C. The molecule has 2 radical (unpaired) electrons. The van der Waals surface area contributed by atoms with Crippen molar-refractivity contribution in [1.82, 2.24) is 4.98 Å². The lowest BCUT2D eigenvalue weighted by Gasteiger charge is -2.07. The molecule has 0 aliphatic carbocycles. The second-order valence-corrected chi connectivity index (χ2v) is 7.51. The van der Waals surface area contributed by atoms with Crippen LogP contribution in [0.5, 0.6) is 0 Å². The highest BCUT2D eigenvalue weighted by molar-refractivity contribution is 6.01. The zero-order chi connectivity index (χ0) is 20.4. The molecule has 3 aromatic rings. The summed E-state index contributed by atoms with van der Waals surface area (Å²) in [4.78, 5) is 3.56. The number of benzene rings is 2. The maximum absolute atomic E-state index is 6.09. The van der Waals surface area contributed by atoms with Crippen LogP contribution in [0.25, 0.3) is 28.5 Å². The molecule has 0 fully saturated rings. The molecule has 0 saturated heterocycles. The van der Waals surface area contributed by atoms with Crippen LogP contribution in [-0.2, 0) is 0 Å². The van der Waals surface area contributed by atoms with E-state index in [1.807, 2.05) is 18.4 Å². The van der Waals surface area contributed by atoms with E-state index in [9.17, 15) is 0 Å². The molecule has 0 saturated carbocycles. The smallest absolute Gasteiger partial charge is 0.355 e. The number of nitrogens with two attached hydrogens (primary N) is 1. The maximum atomic E-state index is 6.09. The number of allylic oxidation sites excluding steroid dienone is 2. The molecule has 0 unspecified atom stereocenters. The van der Waals surface area contributed by atoms with Gasteiger partial charge < -0.3 is 10.7 Å². The van der Waals surface area contributed by atoms with Gasteiger partial charge in [0.1, 0.15) is 6.21 Å². The van der Waals surface area contributed by atoms with Gasteiger partial charge in [-0.15, -0.1) is 0 Å². The summed E-state index contributed by atoms with van der Waals surface area (Å²) >= 11 is 0. The third kappa shape index (κ3) is 4.92. The van der Waals surface area contributed by atoms with Crippen LogP contribution in [0.15, 0.2) is 60.3 Å². The lowest BCUT2D eigenvalue weighted by molar-refractivity contribution is -0.294. The number of nitrogens with zero attached hydrogens (tertiary/aromatic N) is 1. The van der Waals surface area contributed by atoms with E-state index in [1.165, 1.54) is 27.5 Å². The van der Waals surface area contributed by atoms with Crippen LogP contribution < -0.4 is 5.73 Å². The molecular weight excluding hydrogens is 391 g/mol. The van der Waals surface area contributed by atoms with Gasteiger partial charge in [-0.25, -0.2) is 0 Å². The number of halogens is 2. The highest BCUT2D eigenvalue weighted by atomic mass is 19.0. The van der Waals surface area contributed by atoms with Crippen molar-refractivity contribution in [1.29, 1.82) is 0 Å². The third-order valence-electron chi connectivity index (χ3n) is 5.33. The normalized spacial score (nSPS) is 14.5. The van der Waals surface area contributed by atoms with Crippen molar-refractivity contribution >= 4 is 42.7 Å². The van der Waals surface area contributed by atoms with Gasteiger partial charge in [-0.1, -0.05) is 48.0 Å². The van der Waals surface area contributed by atoms with Gasteiger partial charge in [0.25, 0.3) is 0 Å². The minimum atomic E-state index is 0. The summed E-state index contributed by atoms with van der Waals surface area (Å²) in [5.41, 5.74) is 13.8. The Kier molecular flexibility index (Phi) is 7.89. The lowest BCUT2D eigenvalue weighted by Crippen LogP contribution is -2.09. The molecule has 0 spiro atoms. The zero-order valence-corrected chi connectivity index (χ0v) is 17.8. The number of nitrogens with one attached hydrogen (secondary N) is 1. The minimum absolute atomic E-state index is 0. The van der Waals surface area contributed by atoms with Crippen molar-refractivity contribution in [3.8, 4) is 0 Å². The fourth-order valence-electron chi connectivity index (χ4n) is 3.90. The summed E-state index contributed by atoms with van der Waals surface area (Å²) < 4.78 is 1.65. The number of rotatable bonds is 5. The van der Waals surface area contributed by atoms with Crippen molar-refractivity contribution in [3.63, 3.8) is 0 Å². The highest BCUT2D eigenvalue weighted by Gasteiger charge is 2.20. The Labute approximate surface area is 182 Å². The quantitative estimate of drug-likeness (QED) is 0.560. The van der Waals surface area contributed by atoms with Crippen LogP contribution in [0.2, 0.25) is 0 Å². The number of hydrogen-bond donors (Lipinski definition) is 2. The van der Waals surface area contributed by atoms with Crippen LogP contribution in [0.1, 0.15) is 34.5 Å². The van der Waals surface area contributed by atoms with E-state index >= 15 is 0 Å². The molecule has 1 aliphatic rings. The van der Waals surface area contributed by atoms with Crippen molar-refractivity contribution < 1.29 is 13.9 Å². The van der Waals surface area contributed by atoms with Crippen LogP contribution in [0, 0.1) is 13.8 Å². The molecule has 3 N–H and O–H groups in total. The zero-order valence-electron chi connectivity index (χ0n) is 17.8.